The van der Waals surface area contributed by atoms with Crippen LogP contribution in [-0.2, 0) is 11.2 Å². The lowest BCUT2D eigenvalue weighted by Gasteiger charge is -2.31. The topological polar surface area (TPSA) is 50.8 Å². The minimum Gasteiger partial charge on any atom is -0.381 e. The third kappa shape index (κ3) is 8.01. The van der Waals surface area contributed by atoms with Crippen molar-refractivity contribution in [2.24, 2.45) is 16.6 Å². The number of benzene rings is 1. The Hall–Kier alpha value is -0.820. The third-order valence-corrected chi connectivity index (χ3v) is 4.21. The lowest BCUT2D eigenvalue weighted by atomic mass is 10.00. The molecule has 0 amide bonds. The van der Waals surface area contributed by atoms with E-state index in [1.165, 1.54) is 18.4 Å². The van der Waals surface area contributed by atoms with Crippen LogP contribution in [0.4, 0.5) is 0 Å². The van der Waals surface area contributed by atoms with Gasteiger partial charge in [0.1, 0.15) is 0 Å². The molecule has 0 aromatic heterocycles. The van der Waals surface area contributed by atoms with Gasteiger partial charge in [-0.05, 0) is 37.2 Å². The van der Waals surface area contributed by atoms with Gasteiger partial charge in [-0.3, -0.25) is 4.99 Å². The number of halogens is 1. The molecule has 130 valence electrons. The maximum Gasteiger partial charge on any atom is 0.191 e. The largest absolute Gasteiger partial charge is 0.381 e. The molecule has 0 radical (unpaired) electrons. The van der Waals surface area contributed by atoms with Crippen molar-refractivity contribution in [2.75, 3.05) is 32.8 Å². The number of aliphatic imine (C=N–C) groups is 1. The van der Waals surface area contributed by atoms with Crippen LogP contribution in [0.5, 0.6) is 0 Å². The molecule has 2 N–H and O–H groups in total. The van der Waals surface area contributed by atoms with E-state index >= 15 is 0 Å². The van der Waals surface area contributed by atoms with Crippen LogP contribution in [0.25, 0.3) is 0 Å². The molecule has 5 heteroatoms. The molecule has 0 saturated carbocycles. The summed E-state index contributed by atoms with van der Waals surface area (Å²) in [7, 11) is 0. The molecule has 1 aliphatic rings. The molecule has 0 bridgehead atoms. The number of likely N-dealkylation sites (tertiary alicyclic amines) is 1. The zero-order chi connectivity index (χ0) is 15.6. The van der Waals surface area contributed by atoms with Crippen molar-refractivity contribution in [3.8, 4) is 0 Å². The van der Waals surface area contributed by atoms with Crippen LogP contribution in [-0.4, -0.2) is 43.7 Å². The minimum atomic E-state index is 0. The van der Waals surface area contributed by atoms with Gasteiger partial charge in [0.15, 0.2) is 5.96 Å². The second-order valence-corrected chi connectivity index (χ2v) is 6.11. The Morgan fingerprint density at radius 3 is 2.61 bits per heavy atom. The number of nitrogens with two attached hydrogens (primary N) is 1. The van der Waals surface area contributed by atoms with Gasteiger partial charge >= 0.3 is 0 Å². The van der Waals surface area contributed by atoms with Gasteiger partial charge in [-0.1, -0.05) is 37.3 Å². The molecule has 0 spiro atoms. The second kappa shape index (κ2) is 11.7. The van der Waals surface area contributed by atoms with E-state index in [1.807, 2.05) is 6.07 Å². The highest BCUT2D eigenvalue weighted by Crippen LogP contribution is 2.15. The highest BCUT2D eigenvalue weighted by atomic mass is 127. The van der Waals surface area contributed by atoms with Crippen LogP contribution in [0.15, 0.2) is 35.3 Å². The van der Waals surface area contributed by atoms with Crippen LogP contribution in [0.1, 0.15) is 31.7 Å². The van der Waals surface area contributed by atoms with E-state index in [2.05, 4.69) is 41.1 Å². The zero-order valence-electron chi connectivity index (χ0n) is 14.1. The first kappa shape index (κ1) is 20.2. The van der Waals surface area contributed by atoms with E-state index in [0.717, 1.165) is 51.6 Å². The Morgan fingerprint density at radius 1 is 1.22 bits per heavy atom. The fourth-order valence-corrected chi connectivity index (χ4v) is 2.63. The Balaban J connectivity index is 0.00000264. The van der Waals surface area contributed by atoms with Crippen molar-refractivity contribution < 1.29 is 4.74 Å². The SMILES string of the molecule is CC1CCN(C(N)=NCCCOCCc2ccccc2)CC1.I. The molecule has 1 aliphatic heterocycles. The van der Waals surface area contributed by atoms with Crippen molar-refractivity contribution >= 4 is 29.9 Å². The molecule has 4 nitrogen and oxygen atoms in total. The van der Waals surface area contributed by atoms with E-state index in [4.69, 9.17) is 10.5 Å². The van der Waals surface area contributed by atoms with Crippen molar-refractivity contribution in [1.29, 1.82) is 0 Å². The summed E-state index contributed by atoms with van der Waals surface area (Å²) in [6, 6.07) is 10.4. The molecule has 1 fully saturated rings. The summed E-state index contributed by atoms with van der Waals surface area (Å²) in [6.45, 7) is 6.67. The van der Waals surface area contributed by atoms with E-state index < -0.39 is 0 Å². The van der Waals surface area contributed by atoms with Gasteiger partial charge in [0, 0.05) is 26.2 Å². The number of piperidine rings is 1. The number of nitrogens with zero attached hydrogens (tertiary/aromatic N) is 2. The van der Waals surface area contributed by atoms with E-state index in [0.29, 0.717) is 5.96 Å². The van der Waals surface area contributed by atoms with Gasteiger partial charge in [-0.2, -0.15) is 0 Å². The number of guanidine groups is 1. The molecule has 23 heavy (non-hydrogen) atoms. The first-order valence-electron chi connectivity index (χ1n) is 8.42. The van der Waals surface area contributed by atoms with Crippen molar-refractivity contribution in [3.63, 3.8) is 0 Å². The standard InChI is InChI=1S/C18H29N3O.HI/c1-16-8-12-21(13-9-16)18(19)20-11-5-14-22-15-10-17-6-3-2-4-7-17;/h2-4,6-7,16H,5,8-15H2,1H3,(H2,19,20);1H. The Bertz CT molecular complexity index is 445. The number of rotatable bonds is 7. The molecular weight excluding hydrogens is 401 g/mol. The fraction of sp³-hybridized carbons (Fsp3) is 0.611. The van der Waals surface area contributed by atoms with E-state index in [9.17, 15) is 0 Å². The van der Waals surface area contributed by atoms with Crippen LogP contribution in [0.2, 0.25) is 0 Å². The highest BCUT2D eigenvalue weighted by Gasteiger charge is 2.16. The summed E-state index contributed by atoms with van der Waals surface area (Å²) in [5.74, 6) is 1.53. The van der Waals surface area contributed by atoms with Crippen molar-refractivity contribution in [2.45, 2.75) is 32.6 Å². The smallest absolute Gasteiger partial charge is 0.191 e. The normalized spacial score (nSPS) is 16.2. The summed E-state index contributed by atoms with van der Waals surface area (Å²) >= 11 is 0. The van der Waals surface area contributed by atoms with Crippen molar-refractivity contribution in [3.05, 3.63) is 35.9 Å². The average Bonchev–Trinajstić information content (AvgIpc) is 2.55. The molecule has 2 rings (SSSR count). The van der Waals surface area contributed by atoms with E-state index in [-0.39, 0.29) is 24.0 Å². The number of ether oxygens (including phenoxy) is 1. The third-order valence-electron chi connectivity index (χ3n) is 4.21. The minimum absolute atomic E-state index is 0. The summed E-state index contributed by atoms with van der Waals surface area (Å²) in [4.78, 5) is 6.67. The summed E-state index contributed by atoms with van der Waals surface area (Å²) in [5, 5.41) is 0. The molecule has 1 saturated heterocycles. The summed E-state index contributed by atoms with van der Waals surface area (Å²) in [6.07, 6.45) is 4.34. The van der Waals surface area contributed by atoms with Gasteiger partial charge in [-0.15, -0.1) is 24.0 Å². The predicted octanol–water partition coefficient (Wildman–Crippen LogP) is 3.30. The highest BCUT2D eigenvalue weighted by molar-refractivity contribution is 14.0. The maximum absolute atomic E-state index is 6.05. The first-order chi connectivity index (χ1) is 10.8. The summed E-state index contributed by atoms with van der Waals surface area (Å²) in [5.41, 5.74) is 7.37. The Labute approximate surface area is 157 Å². The van der Waals surface area contributed by atoms with Crippen LogP contribution >= 0.6 is 24.0 Å². The van der Waals surface area contributed by atoms with Gasteiger partial charge in [-0.25, -0.2) is 0 Å². The van der Waals surface area contributed by atoms with Crippen LogP contribution in [0.3, 0.4) is 0 Å². The zero-order valence-corrected chi connectivity index (χ0v) is 16.4. The van der Waals surface area contributed by atoms with E-state index in [1.54, 1.807) is 0 Å². The molecule has 1 heterocycles. The van der Waals surface area contributed by atoms with Gasteiger partial charge in [0.25, 0.3) is 0 Å². The quantitative estimate of drug-likeness (QED) is 0.312. The average molecular weight is 431 g/mol. The lowest BCUT2D eigenvalue weighted by molar-refractivity contribution is 0.136. The molecule has 1 aromatic carbocycles. The molecule has 1 aromatic rings. The van der Waals surface area contributed by atoms with Crippen LogP contribution in [0, 0.1) is 5.92 Å². The molecule has 0 atom stereocenters. The van der Waals surface area contributed by atoms with Gasteiger partial charge in [0.2, 0.25) is 0 Å². The molecule has 0 unspecified atom stereocenters. The Kier molecular flexibility index (Phi) is 10.3. The maximum atomic E-state index is 6.05. The summed E-state index contributed by atoms with van der Waals surface area (Å²) < 4.78 is 5.66. The number of hydrogen-bond acceptors (Lipinski definition) is 2. The monoisotopic (exact) mass is 431 g/mol. The first-order valence-corrected chi connectivity index (χ1v) is 8.42. The van der Waals surface area contributed by atoms with Gasteiger partial charge in [0.05, 0.1) is 6.61 Å². The fourth-order valence-electron chi connectivity index (χ4n) is 2.63. The lowest BCUT2D eigenvalue weighted by Crippen LogP contribution is -2.42. The number of hydrogen-bond donors (Lipinski definition) is 1. The second-order valence-electron chi connectivity index (χ2n) is 6.11. The van der Waals surface area contributed by atoms with Gasteiger partial charge < -0.3 is 15.4 Å². The van der Waals surface area contributed by atoms with Crippen LogP contribution < -0.4 is 5.73 Å². The van der Waals surface area contributed by atoms with Crippen molar-refractivity contribution in [1.82, 2.24) is 4.90 Å². The molecular formula is C18H30IN3O. The Morgan fingerprint density at radius 2 is 1.91 bits per heavy atom. The molecule has 0 aliphatic carbocycles. The predicted molar refractivity (Wildman–Crippen MR) is 107 cm³/mol.